The van der Waals surface area contributed by atoms with E-state index in [4.69, 9.17) is 0 Å². The summed E-state index contributed by atoms with van der Waals surface area (Å²) in [6, 6.07) is 10.8. The Morgan fingerprint density at radius 2 is 1.88 bits per heavy atom. The van der Waals surface area contributed by atoms with Crippen molar-refractivity contribution in [1.29, 1.82) is 0 Å². The van der Waals surface area contributed by atoms with E-state index in [9.17, 15) is 9.59 Å². The fourth-order valence-electron chi connectivity index (χ4n) is 2.15. The minimum absolute atomic E-state index is 0.00482. The van der Waals surface area contributed by atoms with E-state index < -0.39 is 0 Å². The topological polar surface area (TPSA) is 95.2 Å². The lowest BCUT2D eigenvalue weighted by molar-refractivity contribution is 0.0943. The molecule has 0 aliphatic carbocycles. The molecular formula is C18H23N5O2. The molecule has 25 heavy (non-hydrogen) atoms. The molecule has 4 N–H and O–H groups in total. The molecule has 1 aromatic heterocycles. The molecule has 1 aromatic carbocycles. The Morgan fingerprint density at radius 3 is 2.52 bits per heavy atom. The minimum atomic E-state index is -0.347. The van der Waals surface area contributed by atoms with Gasteiger partial charge in [-0.3, -0.25) is 10.1 Å². The molecule has 2 rings (SSSR count). The average Bonchev–Trinajstić information content (AvgIpc) is 2.55. The lowest BCUT2D eigenvalue weighted by Crippen LogP contribution is -2.31. The van der Waals surface area contributed by atoms with Crippen molar-refractivity contribution in [1.82, 2.24) is 15.6 Å². The first kappa shape index (κ1) is 18.3. The van der Waals surface area contributed by atoms with Crippen molar-refractivity contribution in [2.24, 2.45) is 0 Å². The zero-order valence-electron chi connectivity index (χ0n) is 14.6. The molecule has 0 spiro atoms. The third kappa shape index (κ3) is 5.49. The Hall–Kier alpha value is -3.09. The molecule has 0 radical (unpaired) electrons. The number of para-hydroxylation sites is 1. The van der Waals surface area contributed by atoms with E-state index in [1.807, 2.05) is 51.1 Å². The Labute approximate surface area is 147 Å². The third-order valence-corrected chi connectivity index (χ3v) is 3.20. The number of aromatic nitrogens is 1. The van der Waals surface area contributed by atoms with Gasteiger partial charge in [0.25, 0.3) is 5.91 Å². The number of rotatable bonds is 6. The van der Waals surface area contributed by atoms with Crippen molar-refractivity contribution in [3.8, 4) is 0 Å². The zero-order valence-corrected chi connectivity index (χ0v) is 14.6. The number of amides is 3. The van der Waals surface area contributed by atoms with Gasteiger partial charge in [0, 0.05) is 30.5 Å². The summed E-state index contributed by atoms with van der Waals surface area (Å²) in [6.07, 6.45) is 1.45. The summed E-state index contributed by atoms with van der Waals surface area (Å²) in [6.45, 7) is 6.12. The molecule has 7 nitrogen and oxygen atoms in total. The smallest absolute Gasteiger partial charge is 0.320 e. The van der Waals surface area contributed by atoms with Crippen LogP contribution in [0.3, 0.4) is 0 Å². The number of carbonyl (C=O) groups excluding carboxylic acids is 2. The number of urea groups is 1. The normalized spacial score (nSPS) is 10.2. The van der Waals surface area contributed by atoms with Gasteiger partial charge in [-0.15, -0.1) is 0 Å². The first-order valence-electron chi connectivity index (χ1n) is 8.17. The lowest BCUT2D eigenvalue weighted by atomic mass is 10.2. The second-order valence-electron chi connectivity index (χ2n) is 5.72. The summed E-state index contributed by atoms with van der Waals surface area (Å²) in [5.74, 6) is 0.121. The van der Waals surface area contributed by atoms with Gasteiger partial charge in [-0.2, -0.15) is 0 Å². The van der Waals surface area contributed by atoms with Crippen molar-refractivity contribution < 1.29 is 9.59 Å². The molecule has 7 heteroatoms. The monoisotopic (exact) mass is 341 g/mol. The fraction of sp³-hybridized carbons (Fsp3) is 0.278. The molecule has 0 saturated carbocycles. The van der Waals surface area contributed by atoms with Crippen LogP contribution in [-0.4, -0.2) is 29.5 Å². The van der Waals surface area contributed by atoms with Gasteiger partial charge >= 0.3 is 6.03 Å². The van der Waals surface area contributed by atoms with Gasteiger partial charge in [0.1, 0.15) is 5.82 Å². The molecule has 0 unspecified atom stereocenters. The number of nitrogens with one attached hydrogen (secondary N) is 4. The maximum Gasteiger partial charge on any atom is 0.320 e. The van der Waals surface area contributed by atoms with E-state index in [1.165, 1.54) is 6.20 Å². The molecule has 1 heterocycles. The summed E-state index contributed by atoms with van der Waals surface area (Å²) in [5, 5.41) is 11.3. The number of hydrogen-bond donors (Lipinski definition) is 4. The van der Waals surface area contributed by atoms with Gasteiger partial charge in [0.15, 0.2) is 0 Å². The van der Waals surface area contributed by atoms with E-state index in [2.05, 4.69) is 26.3 Å². The van der Waals surface area contributed by atoms with Crippen molar-refractivity contribution >= 4 is 29.1 Å². The standard InChI is InChI=1S/C18H23N5O2/c1-4-19-18(25)23-16-10-15(22-13-8-6-5-7-9-13)14(11-20-16)17(24)21-12(2)3/h5-12H,4H2,1-3H3,(H,21,24)(H3,19,20,22,23,25). The number of pyridine rings is 1. The van der Waals surface area contributed by atoms with Crippen LogP contribution in [0.15, 0.2) is 42.6 Å². The highest BCUT2D eigenvalue weighted by Crippen LogP contribution is 2.23. The third-order valence-electron chi connectivity index (χ3n) is 3.20. The van der Waals surface area contributed by atoms with Gasteiger partial charge in [-0.1, -0.05) is 18.2 Å². The van der Waals surface area contributed by atoms with Crippen LogP contribution in [0.5, 0.6) is 0 Å². The van der Waals surface area contributed by atoms with Crippen LogP contribution in [0.4, 0.5) is 22.0 Å². The van der Waals surface area contributed by atoms with Crippen molar-refractivity contribution in [2.75, 3.05) is 17.2 Å². The summed E-state index contributed by atoms with van der Waals surface area (Å²) in [7, 11) is 0. The molecule has 0 bridgehead atoms. The number of carbonyl (C=O) groups is 2. The van der Waals surface area contributed by atoms with Gasteiger partial charge < -0.3 is 16.0 Å². The summed E-state index contributed by atoms with van der Waals surface area (Å²) in [4.78, 5) is 28.3. The quantitative estimate of drug-likeness (QED) is 0.649. The van der Waals surface area contributed by atoms with Crippen LogP contribution in [0.2, 0.25) is 0 Å². The molecule has 0 aliphatic rings. The van der Waals surface area contributed by atoms with E-state index in [-0.39, 0.29) is 18.0 Å². The van der Waals surface area contributed by atoms with Crippen molar-refractivity contribution in [3.63, 3.8) is 0 Å². The van der Waals surface area contributed by atoms with Crippen LogP contribution >= 0.6 is 0 Å². The maximum absolute atomic E-state index is 12.4. The van der Waals surface area contributed by atoms with E-state index in [0.29, 0.717) is 23.6 Å². The highest BCUT2D eigenvalue weighted by atomic mass is 16.2. The Morgan fingerprint density at radius 1 is 1.16 bits per heavy atom. The largest absolute Gasteiger partial charge is 0.355 e. The zero-order chi connectivity index (χ0) is 18.2. The van der Waals surface area contributed by atoms with Gasteiger partial charge in [-0.25, -0.2) is 9.78 Å². The number of hydrogen-bond acceptors (Lipinski definition) is 4. The van der Waals surface area contributed by atoms with Crippen LogP contribution in [-0.2, 0) is 0 Å². The SMILES string of the molecule is CCNC(=O)Nc1cc(Nc2ccccc2)c(C(=O)NC(C)C)cn1. The van der Waals surface area contributed by atoms with Crippen LogP contribution in [0, 0.1) is 0 Å². The number of nitrogens with zero attached hydrogens (tertiary/aromatic N) is 1. The second kappa shape index (κ2) is 8.68. The minimum Gasteiger partial charge on any atom is -0.355 e. The molecule has 3 amide bonds. The van der Waals surface area contributed by atoms with E-state index in [1.54, 1.807) is 6.07 Å². The molecule has 0 saturated heterocycles. The first-order chi connectivity index (χ1) is 12.0. The Bertz CT molecular complexity index is 732. The Kier molecular flexibility index (Phi) is 6.33. The summed E-state index contributed by atoms with van der Waals surface area (Å²) < 4.78 is 0. The molecular weight excluding hydrogens is 318 g/mol. The number of anilines is 3. The molecule has 0 atom stereocenters. The highest BCUT2D eigenvalue weighted by molar-refractivity contribution is 6.01. The van der Waals surface area contributed by atoms with Crippen LogP contribution in [0.25, 0.3) is 0 Å². The highest BCUT2D eigenvalue weighted by Gasteiger charge is 2.15. The average molecular weight is 341 g/mol. The second-order valence-corrected chi connectivity index (χ2v) is 5.72. The van der Waals surface area contributed by atoms with Gasteiger partial charge in [0.2, 0.25) is 0 Å². The predicted molar refractivity (Wildman–Crippen MR) is 99.3 cm³/mol. The lowest BCUT2D eigenvalue weighted by Gasteiger charge is -2.15. The fourth-order valence-corrected chi connectivity index (χ4v) is 2.15. The molecule has 2 aromatic rings. The Balaban J connectivity index is 2.31. The van der Waals surface area contributed by atoms with Gasteiger partial charge in [0.05, 0.1) is 11.3 Å². The maximum atomic E-state index is 12.4. The van der Waals surface area contributed by atoms with Gasteiger partial charge in [-0.05, 0) is 32.9 Å². The number of benzene rings is 1. The predicted octanol–water partition coefficient (Wildman–Crippen LogP) is 3.10. The molecule has 0 aliphatic heterocycles. The van der Waals surface area contributed by atoms with E-state index >= 15 is 0 Å². The van der Waals surface area contributed by atoms with Crippen molar-refractivity contribution in [3.05, 3.63) is 48.2 Å². The van der Waals surface area contributed by atoms with Crippen molar-refractivity contribution in [2.45, 2.75) is 26.8 Å². The van der Waals surface area contributed by atoms with Crippen LogP contribution in [0.1, 0.15) is 31.1 Å². The summed E-state index contributed by atoms with van der Waals surface area (Å²) in [5.41, 5.74) is 1.79. The molecule has 0 fully saturated rings. The van der Waals surface area contributed by atoms with Crippen LogP contribution < -0.4 is 21.3 Å². The molecule has 132 valence electrons. The van der Waals surface area contributed by atoms with E-state index in [0.717, 1.165) is 5.69 Å². The summed E-state index contributed by atoms with van der Waals surface area (Å²) >= 11 is 0. The first-order valence-corrected chi connectivity index (χ1v) is 8.17.